The molecule has 0 saturated heterocycles. The number of carboxylic acids is 1. The van der Waals surface area contributed by atoms with Crippen molar-refractivity contribution in [2.75, 3.05) is 0 Å². The van der Waals surface area contributed by atoms with Gasteiger partial charge in [0.15, 0.2) is 0 Å². The Labute approximate surface area is 175 Å². The molecule has 1 unspecified atom stereocenters. The average molecular weight is 481 g/mol. The Morgan fingerprint density at radius 3 is 1.97 bits per heavy atom. The molecule has 1 aliphatic rings. The molecule has 8 nitrogen and oxygen atoms in total. The summed E-state index contributed by atoms with van der Waals surface area (Å²) < 4.78 is 28.5. The number of aliphatic carboxylic acids is 1. The molecule has 0 saturated carbocycles. The minimum atomic E-state index is -4.43. The van der Waals surface area contributed by atoms with Crippen molar-refractivity contribution in [1.29, 1.82) is 0 Å². The van der Waals surface area contributed by atoms with Gasteiger partial charge in [0.2, 0.25) is 15.7 Å². The molecule has 0 fully saturated rings. The first-order valence-electron chi connectivity index (χ1n) is 8.54. The number of nitrogens with zero attached hydrogens (tertiary/aromatic N) is 1. The fourth-order valence-corrected chi connectivity index (χ4v) is 5.68. The molecule has 1 atom stereocenters. The summed E-state index contributed by atoms with van der Waals surface area (Å²) >= 11 is 3.13. The largest absolute Gasteiger partial charge is 0.478 e. The topological polar surface area (TPSA) is 121 Å². The first-order valence-corrected chi connectivity index (χ1v) is 10.8. The van der Waals surface area contributed by atoms with Crippen LogP contribution < -0.4 is 4.72 Å². The number of fused-ring (bicyclic) bond motifs is 1. The minimum absolute atomic E-state index is 0.0175. The van der Waals surface area contributed by atoms with E-state index in [-0.39, 0.29) is 20.5 Å². The van der Waals surface area contributed by atoms with Crippen LogP contribution in [0.25, 0.3) is 0 Å². The number of sulfonamides is 1. The van der Waals surface area contributed by atoms with Crippen LogP contribution in [0.2, 0.25) is 0 Å². The van der Waals surface area contributed by atoms with E-state index in [0.29, 0.717) is 4.90 Å². The van der Waals surface area contributed by atoms with Crippen LogP contribution in [0.1, 0.15) is 34.6 Å². The first-order chi connectivity index (χ1) is 13.5. The van der Waals surface area contributed by atoms with Crippen LogP contribution in [0.3, 0.4) is 0 Å². The number of imide groups is 1. The zero-order valence-electron chi connectivity index (χ0n) is 15.4. The molecule has 0 aromatic heterocycles. The highest BCUT2D eigenvalue weighted by Crippen LogP contribution is 2.35. The molecule has 0 aliphatic carbocycles. The summed E-state index contributed by atoms with van der Waals surface area (Å²) in [5.41, 5.74) is -2.49. The van der Waals surface area contributed by atoms with E-state index in [1.165, 1.54) is 56.3 Å². The van der Waals surface area contributed by atoms with E-state index < -0.39 is 39.4 Å². The molecule has 2 N–H and O–H groups in total. The summed E-state index contributed by atoms with van der Waals surface area (Å²) in [7, 11) is -4.43. The molecular formula is C19H17BrN2O6S. The fraction of sp³-hybridized carbons (Fsp3) is 0.211. The monoisotopic (exact) mass is 480 g/mol. The van der Waals surface area contributed by atoms with Crippen molar-refractivity contribution in [3.05, 3.63) is 64.1 Å². The summed E-state index contributed by atoms with van der Waals surface area (Å²) in [6.07, 6.45) is 0. The van der Waals surface area contributed by atoms with Gasteiger partial charge in [-0.3, -0.25) is 9.59 Å². The second-order valence-electron chi connectivity index (χ2n) is 6.75. The number of carbonyl (C=O) groups excluding carboxylic acids is 2. The van der Waals surface area contributed by atoms with Crippen molar-refractivity contribution in [3.8, 4) is 0 Å². The number of rotatable bonds is 6. The van der Waals surface area contributed by atoms with Crippen molar-refractivity contribution in [2.45, 2.75) is 24.4 Å². The van der Waals surface area contributed by atoms with E-state index in [4.69, 9.17) is 0 Å². The predicted octanol–water partition coefficient (Wildman–Crippen LogP) is 2.46. The van der Waals surface area contributed by atoms with Crippen molar-refractivity contribution in [2.24, 2.45) is 5.92 Å². The maximum atomic E-state index is 13.1. The smallest absolute Gasteiger partial charge is 0.346 e. The predicted molar refractivity (Wildman–Crippen MR) is 107 cm³/mol. The molecule has 0 radical (unpaired) electrons. The number of carbonyl (C=O) groups is 3. The van der Waals surface area contributed by atoms with Crippen LogP contribution in [0.5, 0.6) is 0 Å². The molecule has 2 aromatic rings. The summed E-state index contributed by atoms with van der Waals surface area (Å²) in [5.74, 6) is -4.41. The lowest BCUT2D eigenvalue weighted by atomic mass is 9.95. The number of hydrogen-bond donors (Lipinski definition) is 2. The van der Waals surface area contributed by atoms with E-state index in [1.54, 1.807) is 6.07 Å². The van der Waals surface area contributed by atoms with Gasteiger partial charge in [-0.15, -0.1) is 0 Å². The maximum absolute atomic E-state index is 13.1. The Kier molecular flexibility index (Phi) is 5.37. The number of halogens is 1. The van der Waals surface area contributed by atoms with Crippen LogP contribution >= 0.6 is 15.9 Å². The Bertz CT molecular complexity index is 1100. The van der Waals surface area contributed by atoms with Crippen molar-refractivity contribution in [3.63, 3.8) is 0 Å². The van der Waals surface area contributed by atoms with Gasteiger partial charge in [-0.25, -0.2) is 18.1 Å². The van der Waals surface area contributed by atoms with Gasteiger partial charge in [0.1, 0.15) is 0 Å². The first kappa shape index (κ1) is 21.2. The fourth-order valence-electron chi connectivity index (χ4n) is 3.24. The summed E-state index contributed by atoms with van der Waals surface area (Å²) in [6, 6.07) is 11.7. The molecule has 2 amide bonds. The van der Waals surface area contributed by atoms with E-state index in [1.807, 2.05) is 0 Å². The molecule has 1 aliphatic heterocycles. The minimum Gasteiger partial charge on any atom is -0.478 e. The van der Waals surface area contributed by atoms with E-state index in [2.05, 4.69) is 20.7 Å². The van der Waals surface area contributed by atoms with Crippen LogP contribution in [0.4, 0.5) is 0 Å². The van der Waals surface area contributed by atoms with Gasteiger partial charge >= 0.3 is 5.97 Å². The second-order valence-corrected chi connectivity index (χ2v) is 9.26. The Balaban J connectivity index is 2.19. The Morgan fingerprint density at radius 1 is 1.03 bits per heavy atom. The zero-order chi connectivity index (χ0) is 21.6. The normalized spacial score (nSPS) is 16.1. The third-order valence-electron chi connectivity index (χ3n) is 4.72. The molecule has 152 valence electrons. The van der Waals surface area contributed by atoms with Crippen molar-refractivity contribution in [1.82, 2.24) is 9.62 Å². The SMILES string of the molecule is CC(C)C(NS(=O)(=O)c1ccccc1Br)(C(=O)O)N1C(=O)c2ccccc2C1=O. The third kappa shape index (κ3) is 3.26. The lowest BCUT2D eigenvalue weighted by molar-refractivity contribution is -0.152. The number of nitrogens with one attached hydrogen (secondary N) is 1. The molecule has 0 spiro atoms. The van der Waals surface area contributed by atoms with Gasteiger partial charge in [0, 0.05) is 10.4 Å². The van der Waals surface area contributed by atoms with Crippen LogP contribution in [-0.2, 0) is 14.8 Å². The average Bonchev–Trinajstić information content (AvgIpc) is 2.91. The van der Waals surface area contributed by atoms with E-state index in [0.717, 1.165) is 0 Å². The number of carboxylic acid groups (broad SMARTS) is 1. The molecule has 29 heavy (non-hydrogen) atoms. The highest BCUT2D eigenvalue weighted by molar-refractivity contribution is 9.10. The van der Waals surface area contributed by atoms with Crippen LogP contribution in [0, 0.1) is 5.92 Å². The van der Waals surface area contributed by atoms with Gasteiger partial charge in [0.25, 0.3) is 11.8 Å². The molecule has 10 heteroatoms. The maximum Gasteiger partial charge on any atom is 0.346 e. The van der Waals surface area contributed by atoms with E-state index in [9.17, 15) is 27.9 Å². The Hall–Kier alpha value is -2.56. The van der Waals surface area contributed by atoms with Gasteiger partial charge in [-0.05, 0) is 40.2 Å². The zero-order valence-corrected chi connectivity index (χ0v) is 17.8. The molecule has 0 bridgehead atoms. The molecule has 2 aromatic carbocycles. The molecular weight excluding hydrogens is 464 g/mol. The quantitative estimate of drug-likeness (QED) is 0.612. The van der Waals surface area contributed by atoms with Crippen LogP contribution in [-0.4, -0.2) is 41.9 Å². The number of amides is 2. The molecule has 1 heterocycles. The van der Waals surface area contributed by atoms with Gasteiger partial charge in [-0.1, -0.05) is 38.1 Å². The lowest BCUT2D eigenvalue weighted by Crippen LogP contribution is -2.69. The summed E-state index contributed by atoms with van der Waals surface area (Å²) in [4.78, 5) is 38.6. The third-order valence-corrected chi connectivity index (χ3v) is 7.19. The van der Waals surface area contributed by atoms with E-state index >= 15 is 0 Å². The summed E-state index contributed by atoms with van der Waals surface area (Å²) in [5, 5.41) is 10.1. The number of benzene rings is 2. The highest BCUT2D eigenvalue weighted by Gasteiger charge is 2.58. The second kappa shape index (κ2) is 7.36. The molecule has 3 rings (SSSR count). The van der Waals surface area contributed by atoms with Crippen molar-refractivity contribution < 1.29 is 27.9 Å². The number of hydrogen-bond acceptors (Lipinski definition) is 5. The van der Waals surface area contributed by atoms with Crippen molar-refractivity contribution >= 4 is 43.7 Å². The summed E-state index contributed by atoms with van der Waals surface area (Å²) in [6.45, 7) is 2.83. The Morgan fingerprint density at radius 2 is 1.52 bits per heavy atom. The van der Waals surface area contributed by atoms with Gasteiger partial charge < -0.3 is 5.11 Å². The lowest BCUT2D eigenvalue weighted by Gasteiger charge is -2.40. The highest BCUT2D eigenvalue weighted by atomic mass is 79.9. The standard InChI is InChI=1S/C19H17BrN2O6S/c1-11(2)19(18(25)26,21-29(27,28)15-10-6-5-9-14(15)20)22-16(23)12-7-3-4-8-13(12)17(22)24/h3-11,21H,1-2H3,(H,25,26). The van der Waals surface area contributed by atoms with Gasteiger partial charge in [-0.2, -0.15) is 4.72 Å². The van der Waals surface area contributed by atoms with Gasteiger partial charge in [0.05, 0.1) is 16.0 Å². The van der Waals surface area contributed by atoms with Crippen LogP contribution in [0.15, 0.2) is 57.9 Å².